The molecule has 0 bridgehead atoms. The lowest BCUT2D eigenvalue weighted by Crippen LogP contribution is -2.60. The zero-order valence-electron chi connectivity index (χ0n) is 31.5. The monoisotopic (exact) mass is 769 g/mol. The number of aryl methyl sites for hydroxylation is 1. The first-order chi connectivity index (χ1) is 25.5. The summed E-state index contributed by atoms with van der Waals surface area (Å²) >= 11 is 0. The molecule has 4 amide bonds. The zero-order valence-corrected chi connectivity index (χ0v) is 32.3. The van der Waals surface area contributed by atoms with E-state index in [2.05, 4.69) is 22.2 Å². The fraction of sp³-hybridized carbons (Fsp3) is 0.605. The van der Waals surface area contributed by atoms with E-state index < -0.39 is 75.3 Å². The molecule has 2 aromatic rings. The van der Waals surface area contributed by atoms with Crippen LogP contribution in [0, 0.1) is 18.3 Å². The van der Waals surface area contributed by atoms with Crippen LogP contribution in [-0.2, 0) is 33.6 Å². The first-order valence-electron chi connectivity index (χ1n) is 18.6. The van der Waals surface area contributed by atoms with Gasteiger partial charge in [0.2, 0.25) is 11.8 Å². The summed E-state index contributed by atoms with van der Waals surface area (Å²) in [7, 11) is -2.84. The van der Waals surface area contributed by atoms with Crippen molar-refractivity contribution in [1.82, 2.24) is 25.2 Å². The molecule has 3 saturated carbocycles. The van der Waals surface area contributed by atoms with Gasteiger partial charge in [0.05, 0.1) is 25.3 Å². The van der Waals surface area contributed by atoms with Crippen LogP contribution in [0.15, 0.2) is 37.1 Å². The van der Waals surface area contributed by atoms with Crippen LogP contribution in [-0.4, -0.2) is 91.7 Å². The number of allylic oxidation sites excluding steroid dienone is 1. The second kappa shape index (κ2) is 15.4. The first kappa shape index (κ1) is 39.3. The molecule has 4 aliphatic rings. The summed E-state index contributed by atoms with van der Waals surface area (Å²) in [6, 6.07) is 3.11. The van der Waals surface area contributed by atoms with Gasteiger partial charge in [0.1, 0.15) is 41.3 Å². The predicted octanol–water partition coefficient (Wildman–Crippen LogP) is 3.97. The lowest BCUT2D eigenvalue weighted by molar-refractivity contribution is -0.143. The van der Waals surface area contributed by atoms with Gasteiger partial charge in [-0.2, -0.15) is 8.42 Å². The highest BCUT2D eigenvalue weighted by atomic mass is 32.2. The van der Waals surface area contributed by atoms with Crippen LogP contribution in [0.1, 0.15) is 84.1 Å². The molecule has 294 valence electrons. The molecule has 16 heteroatoms. The summed E-state index contributed by atoms with van der Waals surface area (Å²) in [6.07, 6.45) is 6.15. The van der Waals surface area contributed by atoms with E-state index in [1.54, 1.807) is 46.2 Å². The molecule has 2 heterocycles. The molecular formula is C38H51N5O10S. The Labute approximate surface area is 316 Å². The van der Waals surface area contributed by atoms with Gasteiger partial charge in [0.25, 0.3) is 5.91 Å². The maximum absolute atomic E-state index is 14.6. The van der Waals surface area contributed by atoms with Gasteiger partial charge in [0, 0.05) is 23.6 Å². The molecule has 0 spiro atoms. The Kier molecular flexibility index (Phi) is 11.2. The molecule has 1 saturated heterocycles. The minimum absolute atomic E-state index is 0.0271. The van der Waals surface area contributed by atoms with E-state index in [4.69, 9.17) is 18.4 Å². The van der Waals surface area contributed by atoms with Crippen molar-refractivity contribution in [2.75, 3.05) is 13.7 Å². The average Bonchev–Trinajstić information content (AvgIpc) is 3.92. The van der Waals surface area contributed by atoms with Gasteiger partial charge < -0.3 is 29.7 Å². The summed E-state index contributed by atoms with van der Waals surface area (Å²) < 4.78 is 49.9. The minimum atomic E-state index is -4.42. The van der Waals surface area contributed by atoms with Gasteiger partial charge in [-0.1, -0.05) is 26.8 Å². The summed E-state index contributed by atoms with van der Waals surface area (Å²) in [4.78, 5) is 61.6. The van der Waals surface area contributed by atoms with Crippen molar-refractivity contribution in [3.63, 3.8) is 0 Å². The molecular weight excluding hydrogens is 719 g/mol. The topological polar surface area (TPSA) is 192 Å². The molecule has 4 fully saturated rings. The number of hydrogen-bond donors (Lipinski definition) is 3. The highest BCUT2D eigenvalue weighted by Crippen LogP contribution is 2.47. The van der Waals surface area contributed by atoms with E-state index in [1.807, 2.05) is 23.8 Å². The van der Waals surface area contributed by atoms with Crippen molar-refractivity contribution in [2.45, 2.75) is 121 Å². The second-order valence-electron chi connectivity index (χ2n) is 15.9. The molecule has 1 aromatic carbocycles. The maximum atomic E-state index is 14.6. The Morgan fingerprint density at radius 2 is 1.78 bits per heavy atom. The number of ether oxygens (including phenoxy) is 3. The number of benzene rings is 1. The van der Waals surface area contributed by atoms with Crippen molar-refractivity contribution >= 4 is 45.0 Å². The number of alkyl carbamates (subject to hydrolysis) is 1. The highest BCUT2D eigenvalue weighted by molar-refractivity contribution is 7.85. The van der Waals surface area contributed by atoms with Crippen molar-refractivity contribution in [1.29, 1.82) is 0 Å². The van der Waals surface area contributed by atoms with E-state index in [-0.39, 0.29) is 25.5 Å². The Balaban J connectivity index is 1.28. The molecule has 1 aliphatic heterocycles. The van der Waals surface area contributed by atoms with E-state index in [0.717, 1.165) is 31.2 Å². The average molecular weight is 770 g/mol. The smallest absolute Gasteiger partial charge is 0.408 e. The Morgan fingerprint density at radius 1 is 1.06 bits per heavy atom. The van der Waals surface area contributed by atoms with Crippen LogP contribution in [0.4, 0.5) is 4.79 Å². The van der Waals surface area contributed by atoms with Crippen LogP contribution in [0.5, 0.6) is 11.5 Å². The molecule has 5 atom stereocenters. The fourth-order valence-electron chi connectivity index (χ4n) is 7.50. The summed E-state index contributed by atoms with van der Waals surface area (Å²) in [5.74, 6) is -1.42. The number of carbonyl (C=O) groups is 4. The van der Waals surface area contributed by atoms with Crippen LogP contribution in [0.2, 0.25) is 0 Å². The Hall–Kier alpha value is -4.44. The van der Waals surface area contributed by atoms with E-state index >= 15 is 0 Å². The fourth-order valence-corrected chi connectivity index (χ4v) is 8.51. The molecule has 54 heavy (non-hydrogen) atoms. The molecule has 0 radical (unpaired) electrons. The second-order valence-corrected chi connectivity index (χ2v) is 17.2. The van der Waals surface area contributed by atoms with Gasteiger partial charge in [0.15, 0.2) is 0 Å². The van der Waals surface area contributed by atoms with Crippen LogP contribution in [0.25, 0.3) is 10.9 Å². The molecule has 6 rings (SSSR count). The third-order valence-electron chi connectivity index (χ3n) is 10.7. The number of nitrogens with zero attached hydrogens (tertiary/aromatic N) is 2. The Bertz CT molecular complexity index is 1910. The first-order valence-corrected chi connectivity index (χ1v) is 20.0. The third-order valence-corrected chi connectivity index (χ3v) is 11.7. The van der Waals surface area contributed by atoms with E-state index in [9.17, 15) is 27.6 Å². The van der Waals surface area contributed by atoms with E-state index in [1.165, 1.54) is 4.90 Å². The number of rotatable bonds is 14. The quantitative estimate of drug-likeness (QED) is 0.236. The van der Waals surface area contributed by atoms with Crippen LogP contribution in [0.3, 0.4) is 0 Å². The zero-order chi connectivity index (χ0) is 39.0. The summed E-state index contributed by atoms with van der Waals surface area (Å²) in [5, 5.41) is 6.30. The third kappa shape index (κ3) is 8.59. The number of amides is 4. The van der Waals surface area contributed by atoms with Gasteiger partial charge in [-0.3, -0.25) is 23.6 Å². The maximum Gasteiger partial charge on any atom is 0.408 e. The number of carbonyl (C=O) groups excluding carboxylic acids is 4. The number of hydrogen-bond acceptors (Lipinski definition) is 11. The van der Waals surface area contributed by atoms with Gasteiger partial charge in [-0.15, -0.1) is 6.58 Å². The molecule has 3 unspecified atom stereocenters. The van der Waals surface area contributed by atoms with Gasteiger partial charge in [-0.25, -0.2) is 9.52 Å². The van der Waals surface area contributed by atoms with Crippen LogP contribution >= 0.6 is 0 Å². The summed E-state index contributed by atoms with van der Waals surface area (Å²) in [5.41, 5.74) is -0.896. The van der Waals surface area contributed by atoms with Gasteiger partial charge in [-0.05, 0) is 87.8 Å². The highest BCUT2D eigenvalue weighted by Gasteiger charge is 2.62. The minimum Gasteiger partial charge on any atom is -0.496 e. The normalized spacial score (nSPS) is 24.8. The standard InChI is InChI=1S/C38H51N5O10S/c1-7-10-23-20-38(23,35(46)42-54(48,49)53-25-13-14-25)41-33(44)28-19-26(51-30-17-18-39-31-22(2)29(50-6)16-15-27(30)31)21-43(28)34(45)32(37(3,4)5)40-36(47)52-24-11-8-9-12-24/h7,15-18,23-26,28,32H,1,8-14,19-21H2,2-6H3,(H,40,47)(H,41,44)(H,42,46)/t23?,26-,28?,32?,38-/m1/s1. The SMILES string of the molecule is C=CCC1C[C@]1(NC(=O)C1C[C@@H](Oc2ccnc3c(C)c(OC)ccc23)CN1C(=O)C(NC(=O)OC1CCCC1)C(C)(C)C)C(=O)NS(=O)(=O)OC1CC1. The van der Waals surface area contributed by atoms with Crippen molar-refractivity contribution in [2.24, 2.45) is 11.3 Å². The molecule has 3 aliphatic carbocycles. The van der Waals surface area contributed by atoms with Crippen molar-refractivity contribution in [3.8, 4) is 11.5 Å². The number of likely N-dealkylation sites (tertiary alicyclic amines) is 1. The molecule has 3 N–H and O–H groups in total. The molecule has 1 aromatic heterocycles. The molecule has 15 nitrogen and oxygen atoms in total. The Morgan fingerprint density at radius 3 is 2.43 bits per heavy atom. The van der Waals surface area contributed by atoms with Gasteiger partial charge >= 0.3 is 16.4 Å². The van der Waals surface area contributed by atoms with Crippen molar-refractivity contribution < 1.29 is 46.0 Å². The largest absolute Gasteiger partial charge is 0.496 e. The lowest BCUT2D eigenvalue weighted by Gasteiger charge is -2.35. The number of methoxy groups -OCH3 is 1. The van der Waals surface area contributed by atoms with E-state index in [0.29, 0.717) is 41.7 Å². The number of fused-ring (bicyclic) bond motifs is 1. The van der Waals surface area contributed by atoms with Crippen LogP contribution < -0.4 is 24.8 Å². The number of pyridine rings is 1. The predicted molar refractivity (Wildman–Crippen MR) is 198 cm³/mol. The number of nitrogens with one attached hydrogen (secondary N) is 3. The number of aromatic nitrogens is 1. The van der Waals surface area contributed by atoms with Crippen molar-refractivity contribution in [3.05, 3.63) is 42.6 Å². The lowest BCUT2D eigenvalue weighted by atomic mass is 9.85. The summed E-state index contributed by atoms with van der Waals surface area (Å²) in [6.45, 7) is 11.0.